The molecule has 0 unspecified atom stereocenters. The molecule has 0 spiro atoms. The van der Waals surface area contributed by atoms with Crippen LogP contribution < -0.4 is 10.1 Å². The summed E-state index contributed by atoms with van der Waals surface area (Å²) in [7, 11) is 1.61. The van der Waals surface area contributed by atoms with Gasteiger partial charge in [0, 0.05) is 24.1 Å². The van der Waals surface area contributed by atoms with Crippen molar-refractivity contribution in [1.29, 1.82) is 0 Å². The maximum atomic E-state index is 12.1. The van der Waals surface area contributed by atoms with Gasteiger partial charge in [0.25, 0.3) is 0 Å². The van der Waals surface area contributed by atoms with Gasteiger partial charge in [0.15, 0.2) is 11.7 Å². The number of hydrogen-bond acceptors (Lipinski definition) is 4. The van der Waals surface area contributed by atoms with E-state index in [2.05, 4.69) is 36.3 Å². The van der Waals surface area contributed by atoms with Crippen LogP contribution in [0.4, 0.5) is 5.69 Å². The Balaban J connectivity index is 1.57. The van der Waals surface area contributed by atoms with E-state index in [-0.39, 0.29) is 5.91 Å². The number of ether oxygens (including phenoxy) is 1. The first-order valence-corrected chi connectivity index (χ1v) is 8.51. The number of methoxy groups -OCH3 is 1. The van der Waals surface area contributed by atoms with Gasteiger partial charge in [-0.15, -0.1) is 0 Å². The average molecular weight is 350 g/mol. The molecular weight excluding hydrogens is 328 g/mol. The first-order chi connectivity index (χ1) is 12.5. The van der Waals surface area contributed by atoms with E-state index in [1.54, 1.807) is 37.6 Å². The lowest BCUT2D eigenvalue weighted by Gasteiger charge is -2.05. The Morgan fingerprint density at radius 1 is 1.12 bits per heavy atom. The third kappa shape index (κ3) is 4.30. The second kappa shape index (κ2) is 7.87. The fourth-order valence-corrected chi connectivity index (χ4v) is 2.57. The number of nitrogens with zero attached hydrogens (tertiary/aromatic N) is 1. The molecule has 0 aliphatic heterocycles. The fraction of sp³-hybridized carbons (Fsp3) is 0.238. The van der Waals surface area contributed by atoms with Gasteiger partial charge in [0.05, 0.1) is 13.3 Å². The number of oxazole rings is 1. The van der Waals surface area contributed by atoms with Crippen LogP contribution in [-0.2, 0) is 11.2 Å². The summed E-state index contributed by atoms with van der Waals surface area (Å²) in [6, 6.07) is 13.4. The molecule has 1 N–H and O–H groups in total. The Hall–Kier alpha value is -3.08. The SMILES string of the molecule is COc1ccc(NC(=O)CCc2ncc(-c3ccc(C)c(C)c3)o2)cc1. The van der Waals surface area contributed by atoms with E-state index in [1.165, 1.54) is 11.1 Å². The van der Waals surface area contributed by atoms with E-state index >= 15 is 0 Å². The van der Waals surface area contributed by atoms with Crippen LogP contribution in [0.1, 0.15) is 23.4 Å². The van der Waals surface area contributed by atoms with Gasteiger partial charge in [-0.05, 0) is 55.3 Å². The zero-order chi connectivity index (χ0) is 18.5. The van der Waals surface area contributed by atoms with Crippen LogP contribution in [0.3, 0.4) is 0 Å². The Bertz CT molecular complexity index is 898. The number of rotatable bonds is 6. The van der Waals surface area contributed by atoms with E-state index in [1.807, 2.05) is 6.07 Å². The van der Waals surface area contributed by atoms with Crippen molar-refractivity contribution in [2.45, 2.75) is 26.7 Å². The Kier molecular flexibility index (Phi) is 5.37. The number of aromatic nitrogens is 1. The topological polar surface area (TPSA) is 64.4 Å². The number of nitrogens with one attached hydrogen (secondary N) is 1. The normalized spacial score (nSPS) is 10.6. The monoisotopic (exact) mass is 350 g/mol. The zero-order valence-corrected chi connectivity index (χ0v) is 15.2. The molecule has 3 aromatic rings. The number of anilines is 1. The molecule has 0 aliphatic rings. The van der Waals surface area contributed by atoms with Gasteiger partial charge in [0.1, 0.15) is 5.75 Å². The predicted octanol–water partition coefficient (Wildman–Crippen LogP) is 4.54. The maximum absolute atomic E-state index is 12.1. The van der Waals surface area contributed by atoms with Crippen molar-refractivity contribution < 1.29 is 13.9 Å². The van der Waals surface area contributed by atoms with Gasteiger partial charge < -0.3 is 14.5 Å². The van der Waals surface area contributed by atoms with Crippen LogP contribution in [0.5, 0.6) is 5.75 Å². The number of hydrogen-bond donors (Lipinski definition) is 1. The van der Waals surface area contributed by atoms with Crippen molar-refractivity contribution in [1.82, 2.24) is 4.98 Å². The molecule has 1 aromatic heterocycles. The molecule has 2 aromatic carbocycles. The minimum Gasteiger partial charge on any atom is -0.497 e. The van der Waals surface area contributed by atoms with Crippen molar-refractivity contribution in [3.63, 3.8) is 0 Å². The van der Waals surface area contributed by atoms with Crippen LogP contribution in [0.2, 0.25) is 0 Å². The van der Waals surface area contributed by atoms with E-state index < -0.39 is 0 Å². The quantitative estimate of drug-likeness (QED) is 0.709. The summed E-state index contributed by atoms with van der Waals surface area (Å²) in [5.74, 6) is 1.95. The van der Waals surface area contributed by atoms with Crippen molar-refractivity contribution >= 4 is 11.6 Å². The fourth-order valence-electron chi connectivity index (χ4n) is 2.57. The molecule has 0 aliphatic carbocycles. The lowest BCUT2D eigenvalue weighted by molar-refractivity contribution is -0.116. The molecular formula is C21H22N2O3. The highest BCUT2D eigenvalue weighted by atomic mass is 16.5. The predicted molar refractivity (Wildman–Crippen MR) is 101 cm³/mol. The van der Waals surface area contributed by atoms with Gasteiger partial charge >= 0.3 is 0 Å². The standard InChI is InChI=1S/C21H22N2O3/c1-14-4-5-16(12-15(14)2)19-13-22-21(26-19)11-10-20(24)23-17-6-8-18(25-3)9-7-17/h4-9,12-13H,10-11H2,1-3H3,(H,23,24). The van der Waals surface area contributed by atoms with Gasteiger partial charge in [-0.3, -0.25) is 4.79 Å². The van der Waals surface area contributed by atoms with Gasteiger partial charge in [-0.25, -0.2) is 4.98 Å². The second-order valence-corrected chi connectivity index (χ2v) is 6.19. The minimum atomic E-state index is -0.0823. The molecule has 0 fully saturated rings. The first-order valence-electron chi connectivity index (χ1n) is 8.51. The largest absolute Gasteiger partial charge is 0.497 e. The number of aryl methyl sites for hydroxylation is 3. The molecule has 0 saturated carbocycles. The highest BCUT2D eigenvalue weighted by Gasteiger charge is 2.10. The number of benzene rings is 2. The summed E-state index contributed by atoms with van der Waals surface area (Å²) >= 11 is 0. The number of amides is 1. The van der Waals surface area contributed by atoms with Crippen LogP contribution in [-0.4, -0.2) is 18.0 Å². The number of carbonyl (C=O) groups excluding carboxylic acids is 1. The minimum absolute atomic E-state index is 0.0823. The van der Waals surface area contributed by atoms with E-state index in [4.69, 9.17) is 9.15 Å². The Labute approximate surface area is 153 Å². The van der Waals surface area contributed by atoms with Gasteiger partial charge in [0.2, 0.25) is 5.91 Å². The van der Waals surface area contributed by atoms with Crippen LogP contribution in [0.25, 0.3) is 11.3 Å². The lowest BCUT2D eigenvalue weighted by Crippen LogP contribution is -2.12. The molecule has 0 bridgehead atoms. The third-order valence-corrected chi connectivity index (χ3v) is 4.28. The summed E-state index contributed by atoms with van der Waals surface area (Å²) < 4.78 is 10.9. The van der Waals surface area contributed by atoms with Crippen molar-refractivity contribution in [2.24, 2.45) is 0 Å². The smallest absolute Gasteiger partial charge is 0.224 e. The summed E-state index contributed by atoms with van der Waals surface area (Å²) in [5, 5.41) is 2.85. The lowest BCUT2D eigenvalue weighted by atomic mass is 10.1. The molecule has 0 saturated heterocycles. The van der Waals surface area contributed by atoms with Crippen LogP contribution in [0, 0.1) is 13.8 Å². The van der Waals surface area contributed by atoms with Crippen molar-refractivity contribution in [3.8, 4) is 17.1 Å². The summed E-state index contributed by atoms with van der Waals surface area (Å²) in [4.78, 5) is 16.4. The summed E-state index contributed by atoms with van der Waals surface area (Å²) in [5.41, 5.74) is 4.18. The first kappa shape index (κ1) is 17.7. The molecule has 3 rings (SSSR count). The Morgan fingerprint density at radius 2 is 1.88 bits per heavy atom. The summed E-state index contributed by atoms with van der Waals surface area (Å²) in [6.07, 6.45) is 2.46. The van der Waals surface area contributed by atoms with Gasteiger partial charge in [-0.2, -0.15) is 0 Å². The molecule has 0 radical (unpaired) electrons. The molecule has 1 heterocycles. The van der Waals surface area contributed by atoms with E-state index in [0.717, 1.165) is 22.8 Å². The molecule has 5 heteroatoms. The molecule has 26 heavy (non-hydrogen) atoms. The molecule has 1 amide bonds. The van der Waals surface area contributed by atoms with Crippen LogP contribution in [0.15, 0.2) is 53.1 Å². The van der Waals surface area contributed by atoms with Gasteiger partial charge in [-0.1, -0.05) is 12.1 Å². The molecule has 134 valence electrons. The van der Waals surface area contributed by atoms with E-state index in [0.29, 0.717) is 18.7 Å². The average Bonchev–Trinajstić information content (AvgIpc) is 3.12. The maximum Gasteiger partial charge on any atom is 0.224 e. The number of carbonyl (C=O) groups is 1. The molecule has 0 atom stereocenters. The van der Waals surface area contributed by atoms with Crippen molar-refractivity contribution in [3.05, 3.63) is 65.7 Å². The second-order valence-electron chi connectivity index (χ2n) is 6.19. The zero-order valence-electron chi connectivity index (χ0n) is 15.2. The Morgan fingerprint density at radius 3 is 2.58 bits per heavy atom. The summed E-state index contributed by atoms with van der Waals surface area (Å²) in [6.45, 7) is 4.14. The highest BCUT2D eigenvalue weighted by Crippen LogP contribution is 2.23. The molecule has 5 nitrogen and oxygen atoms in total. The van der Waals surface area contributed by atoms with Crippen LogP contribution >= 0.6 is 0 Å². The van der Waals surface area contributed by atoms with Crippen molar-refractivity contribution in [2.75, 3.05) is 12.4 Å². The van der Waals surface area contributed by atoms with E-state index in [9.17, 15) is 4.79 Å². The highest BCUT2D eigenvalue weighted by molar-refractivity contribution is 5.90. The third-order valence-electron chi connectivity index (χ3n) is 4.28.